The van der Waals surface area contributed by atoms with E-state index in [1.54, 1.807) is 60.8 Å². The first-order valence-corrected chi connectivity index (χ1v) is 11.8. The van der Waals surface area contributed by atoms with Crippen molar-refractivity contribution in [1.82, 2.24) is 9.78 Å². The minimum atomic E-state index is -0.686. The Balaban J connectivity index is 1.72. The molecule has 1 amide bonds. The van der Waals surface area contributed by atoms with E-state index >= 15 is 0 Å². The second kappa shape index (κ2) is 10.9. The van der Waals surface area contributed by atoms with Crippen molar-refractivity contribution in [1.29, 1.82) is 0 Å². The van der Waals surface area contributed by atoms with E-state index in [1.165, 1.54) is 14.2 Å². The van der Waals surface area contributed by atoms with Gasteiger partial charge in [0.2, 0.25) is 0 Å². The quantitative estimate of drug-likeness (QED) is 0.340. The number of amides is 1. The van der Waals surface area contributed by atoms with Crippen molar-refractivity contribution in [3.63, 3.8) is 0 Å². The zero-order valence-corrected chi connectivity index (χ0v) is 20.6. The standard InChI is InChI=1S/C25H23N3O7S/c1-4-34-25(31)22-17-14-36-23(26-20(29)13-35-19-11-6-5-10-18(19)33-3)21(17)24(30)28(27-22)15-8-7-9-16(12-15)32-2/h5-12,14H,4,13H2,1-3H3,(H,26,29). The molecular formula is C25H23N3O7S. The molecule has 0 unspecified atom stereocenters. The summed E-state index contributed by atoms with van der Waals surface area (Å²) in [5, 5.41) is 9.25. The zero-order valence-electron chi connectivity index (χ0n) is 19.8. The van der Waals surface area contributed by atoms with Gasteiger partial charge in [0.1, 0.15) is 10.8 Å². The number of carbonyl (C=O) groups excluding carboxylic acids is 2. The van der Waals surface area contributed by atoms with Crippen molar-refractivity contribution in [2.75, 3.05) is 32.8 Å². The lowest BCUT2D eigenvalue weighted by atomic mass is 10.2. The van der Waals surface area contributed by atoms with Crippen LogP contribution in [0.5, 0.6) is 17.2 Å². The minimum Gasteiger partial charge on any atom is -0.497 e. The highest BCUT2D eigenvalue weighted by atomic mass is 32.1. The average Bonchev–Trinajstić information content (AvgIpc) is 3.32. The molecule has 2 heterocycles. The molecule has 4 aromatic rings. The first-order chi connectivity index (χ1) is 17.5. The van der Waals surface area contributed by atoms with Gasteiger partial charge in [-0.3, -0.25) is 9.59 Å². The molecule has 1 N–H and O–H groups in total. The number of carbonyl (C=O) groups is 2. The van der Waals surface area contributed by atoms with Crippen LogP contribution in [-0.2, 0) is 9.53 Å². The van der Waals surface area contributed by atoms with Crippen LogP contribution in [0.4, 0.5) is 5.00 Å². The Kier molecular flexibility index (Phi) is 7.50. The normalized spacial score (nSPS) is 10.6. The van der Waals surface area contributed by atoms with E-state index in [2.05, 4.69) is 10.4 Å². The Morgan fingerprint density at radius 2 is 1.83 bits per heavy atom. The predicted octanol–water partition coefficient (Wildman–Crippen LogP) is 3.66. The van der Waals surface area contributed by atoms with Crippen molar-refractivity contribution < 1.29 is 28.5 Å². The van der Waals surface area contributed by atoms with Gasteiger partial charge in [-0.1, -0.05) is 18.2 Å². The molecule has 0 saturated heterocycles. The second-order valence-electron chi connectivity index (χ2n) is 7.33. The largest absolute Gasteiger partial charge is 0.497 e. The van der Waals surface area contributed by atoms with E-state index in [1.807, 2.05) is 0 Å². The van der Waals surface area contributed by atoms with Crippen LogP contribution in [0.2, 0.25) is 0 Å². The molecule has 36 heavy (non-hydrogen) atoms. The van der Waals surface area contributed by atoms with Crippen LogP contribution in [0.15, 0.2) is 58.7 Å². The van der Waals surface area contributed by atoms with Gasteiger partial charge in [0, 0.05) is 16.8 Å². The maximum absolute atomic E-state index is 13.5. The van der Waals surface area contributed by atoms with Crippen molar-refractivity contribution >= 4 is 39.0 Å². The molecule has 186 valence electrons. The lowest BCUT2D eigenvalue weighted by Crippen LogP contribution is -2.26. The van der Waals surface area contributed by atoms with Crippen LogP contribution in [0, 0.1) is 0 Å². The third-order valence-electron chi connectivity index (χ3n) is 5.10. The van der Waals surface area contributed by atoms with Crippen molar-refractivity contribution in [3.05, 3.63) is 70.0 Å². The summed E-state index contributed by atoms with van der Waals surface area (Å²) < 4.78 is 22.3. The van der Waals surface area contributed by atoms with Crippen LogP contribution >= 0.6 is 11.3 Å². The highest BCUT2D eigenvalue weighted by molar-refractivity contribution is 7.16. The Hall–Kier alpha value is -4.38. The van der Waals surface area contributed by atoms with E-state index in [-0.39, 0.29) is 34.7 Å². The summed E-state index contributed by atoms with van der Waals surface area (Å²) in [5.41, 5.74) is -0.181. The summed E-state index contributed by atoms with van der Waals surface area (Å²) in [7, 11) is 3.00. The lowest BCUT2D eigenvalue weighted by molar-refractivity contribution is -0.118. The number of nitrogens with one attached hydrogen (secondary N) is 1. The molecule has 0 atom stereocenters. The number of para-hydroxylation sites is 2. The molecule has 0 saturated carbocycles. The van der Waals surface area contributed by atoms with E-state index in [9.17, 15) is 14.4 Å². The SMILES string of the molecule is CCOC(=O)c1nn(-c2cccc(OC)c2)c(=O)c2c(NC(=O)COc3ccccc3OC)scc12. The lowest BCUT2D eigenvalue weighted by Gasteiger charge is -2.11. The Bertz CT molecular complexity index is 1480. The number of esters is 1. The number of nitrogens with zero attached hydrogens (tertiary/aromatic N) is 2. The third-order valence-corrected chi connectivity index (χ3v) is 6.00. The molecule has 0 fully saturated rings. The Labute approximate surface area is 210 Å². The molecule has 2 aromatic heterocycles. The predicted molar refractivity (Wildman–Crippen MR) is 135 cm³/mol. The number of benzene rings is 2. The summed E-state index contributed by atoms with van der Waals surface area (Å²) >= 11 is 1.10. The number of ether oxygens (including phenoxy) is 4. The van der Waals surface area contributed by atoms with Gasteiger partial charge >= 0.3 is 5.97 Å². The minimum absolute atomic E-state index is 0.0451. The number of aromatic nitrogens is 2. The number of anilines is 1. The van der Waals surface area contributed by atoms with Gasteiger partial charge in [-0.25, -0.2) is 4.79 Å². The van der Waals surface area contributed by atoms with Gasteiger partial charge < -0.3 is 24.3 Å². The first-order valence-electron chi connectivity index (χ1n) is 10.9. The smallest absolute Gasteiger partial charge is 0.359 e. The Morgan fingerprint density at radius 1 is 1.06 bits per heavy atom. The maximum Gasteiger partial charge on any atom is 0.359 e. The molecule has 0 spiro atoms. The van der Waals surface area contributed by atoms with E-state index in [4.69, 9.17) is 18.9 Å². The zero-order chi connectivity index (χ0) is 25.7. The van der Waals surface area contributed by atoms with E-state index < -0.39 is 17.4 Å². The summed E-state index contributed by atoms with van der Waals surface area (Å²) in [6.45, 7) is 1.49. The van der Waals surface area contributed by atoms with E-state index in [0.717, 1.165) is 16.0 Å². The van der Waals surface area contributed by atoms with Gasteiger partial charge in [-0.15, -0.1) is 11.3 Å². The summed E-state index contributed by atoms with van der Waals surface area (Å²) in [6.07, 6.45) is 0. The number of thiophene rings is 1. The van der Waals surface area contributed by atoms with Crippen LogP contribution in [0.25, 0.3) is 16.5 Å². The highest BCUT2D eigenvalue weighted by Crippen LogP contribution is 2.31. The molecule has 0 bridgehead atoms. The fourth-order valence-corrected chi connectivity index (χ4v) is 4.41. The molecule has 11 heteroatoms. The van der Waals surface area contributed by atoms with Gasteiger partial charge in [0.25, 0.3) is 11.5 Å². The summed E-state index contributed by atoms with van der Waals surface area (Å²) in [5.74, 6) is 0.214. The van der Waals surface area contributed by atoms with Crippen LogP contribution in [0.3, 0.4) is 0 Å². The fourth-order valence-electron chi connectivity index (χ4n) is 3.45. The van der Waals surface area contributed by atoms with Crippen LogP contribution in [-0.4, -0.2) is 49.1 Å². The monoisotopic (exact) mass is 509 g/mol. The molecule has 0 aliphatic heterocycles. The van der Waals surface area contributed by atoms with Gasteiger partial charge in [-0.05, 0) is 31.2 Å². The van der Waals surface area contributed by atoms with Crippen molar-refractivity contribution in [2.45, 2.75) is 6.92 Å². The Morgan fingerprint density at radius 3 is 2.56 bits per heavy atom. The molecule has 10 nitrogen and oxygen atoms in total. The number of fused-ring (bicyclic) bond motifs is 1. The summed E-state index contributed by atoms with van der Waals surface area (Å²) in [4.78, 5) is 38.9. The summed E-state index contributed by atoms with van der Waals surface area (Å²) in [6, 6.07) is 13.6. The number of rotatable bonds is 9. The van der Waals surface area contributed by atoms with Crippen LogP contribution in [0.1, 0.15) is 17.4 Å². The van der Waals surface area contributed by atoms with E-state index in [0.29, 0.717) is 22.9 Å². The molecule has 0 aliphatic rings. The number of methoxy groups -OCH3 is 2. The van der Waals surface area contributed by atoms with Crippen LogP contribution < -0.4 is 25.1 Å². The van der Waals surface area contributed by atoms with Gasteiger partial charge in [0.05, 0.1) is 31.9 Å². The second-order valence-corrected chi connectivity index (χ2v) is 8.21. The number of hydrogen-bond acceptors (Lipinski definition) is 9. The van der Waals surface area contributed by atoms with Crippen molar-refractivity contribution in [3.8, 4) is 22.9 Å². The third kappa shape index (κ3) is 5.01. The molecular weight excluding hydrogens is 486 g/mol. The average molecular weight is 510 g/mol. The van der Waals surface area contributed by atoms with Gasteiger partial charge in [-0.2, -0.15) is 9.78 Å². The molecule has 2 aromatic carbocycles. The molecule has 4 rings (SSSR count). The molecule has 0 aliphatic carbocycles. The topological polar surface area (TPSA) is 118 Å². The first kappa shape index (κ1) is 24.7. The maximum atomic E-state index is 13.5. The fraction of sp³-hybridized carbons (Fsp3) is 0.200. The number of hydrogen-bond donors (Lipinski definition) is 1. The van der Waals surface area contributed by atoms with Gasteiger partial charge in [0.15, 0.2) is 23.8 Å². The molecule has 0 radical (unpaired) electrons. The van der Waals surface area contributed by atoms with Crippen molar-refractivity contribution in [2.24, 2.45) is 0 Å². The highest BCUT2D eigenvalue weighted by Gasteiger charge is 2.23.